The van der Waals surface area contributed by atoms with E-state index in [1.807, 2.05) is 0 Å². The van der Waals surface area contributed by atoms with Crippen molar-refractivity contribution >= 4 is 8.25 Å². The Morgan fingerprint density at radius 2 is 1.20 bits per heavy atom. The molecule has 0 N–H and O–H groups in total. The van der Waals surface area contributed by atoms with E-state index < -0.39 is 8.25 Å². The van der Waals surface area contributed by atoms with Crippen LogP contribution in [0.15, 0.2) is 61.7 Å². The normalized spacial score (nSPS) is 10.2. The van der Waals surface area contributed by atoms with Crippen molar-refractivity contribution < 1.29 is 32.6 Å². The number of benzene rings is 2. The van der Waals surface area contributed by atoms with Crippen molar-refractivity contribution in [1.29, 1.82) is 0 Å². The second-order valence-electron chi connectivity index (χ2n) is 5.94. The second-order valence-corrected chi connectivity index (χ2v) is 6.90. The Hall–Kier alpha value is -2.86. The summed E-state index contributed by atoms with van der Waals surface area (Å²) in [4.78, 5) is 0. The first-order chi connectivity index (χ1) is 14.6. The van der Waals surface area contributed by atoms with Crippen LogP contribution in [-0.2, 0) is 26.8 Å². The molecular weight excluding hydrogens is 407 g/mol. The van der Waals surface area contributed by atoms with Gasteiger partial charge in [-0.15, -0.1) is 9.05 Å². The minimum Gasteiger partial charge on any atom is -0.493 e. The maximum atomic E-state index is 12.1. The molecule has 0 spiro atoms. The average molecular weight is 433 g/mol. The molecular formula is C22H26O7P+. The van der Waals surface area contributed by atoms with Crippen LogP contribution in [0.4, 0.5) is 0 Å². The third-order valence-corrected chi connectivity index (χ3v) is 4.52. The van der Waals surface area contributed by atoms with E-state index >= 15 is 0 Å². The summed E-state index contributed by atoms with van der Waals surface area (Å²) in [5.74, 6) is 2.30. The van der Waals surface area contributed by atoms with Gasteiger partial charge >= 0.3 is 8.25 Å². The van der Waals surface area contributed by atoms with Gasteiger partial charge in [0.15, 0.2) is 23.0 Å². The zero-order chi connectivity index (χ0) is 21.8. The molecule has 0 heterocycles. The third-order valence-electron chi connectivity index (χ3n) is 3.84. The van der Waals surface area contributed by atoms with Crippen LogP contribution in [0.3, 0.4) is 0 Å². The minimum absolute atomic E-state index is 0.102. The van der Waals surface area contributed by atoms with E-state index in [0.29, 0.717) is 36.2 Å². The minimum atomic E-state index is -2.31. The van der Waals surface area contributed by atoms with Gasteiger partial charge in [-0.3, -0.25) is 0 Å². The van der Waals surface area contributed by atoms with Crippen LogP contribution in [0.1, 0.15) is 11.1 Å². The van der Waals surface area contributed by atoms with Gasteiger partial charge < -0.3 is 18.9 Å². The molecule has 0 bridgehead atoms. The molecule has 0 amide bonds. The summed E-state index contributed by atoms with van der Waals surface area (Å²) >= 11 is 0. The van der Waals surface area contributed by atoms with Crippen molar-refractivity contribution in [2.24, 2.45) is 0 Å². The standard InChI is InChI=1S/C22H26O7P/c1-5-11-26-19-9-7-17(13-21(19)24-3)15-28-30(23)29-16-18-8-10-20(27-12-6-2)22(14-18)25-4/h5-10,13-14H,1-2,11-12,15-16H2,3-4H3/q+1. The van der Waals surface area contributed by atoms with Crippen LogP contribution in [0.2, 0.25) is 0 Å². The Morgan fingerprint density at radius 1 is 0.767 bits per heavy atom. The van der Waals surface area contributed by atoms with Crippen molar-refractivity contribution in [1.82, 2.24) is 0 Å². The number of hydrogen-bond donors (Lipinski definition) is 0. The van der Waals surface area contributed by atoms with Crippen LogP contribution >= 0.6 is 8.25 Å². The molecule has 0 aromatic heterocycles. The fraction of sp³-hybridized carbons (Fsp3) is 0.273. The average Bonchev–Trinajstić information content (AvgIpc) is 2.78. The van der Waals surface area contributed by atoms with Gasteiger partial charge in [-0.1, -0.05) is 37.4 Å². The van der Waals surface area contributed by atoms with Crippen molar-refractivity contribution in [2.75, 3.05) is 27.4 Å². The molecule has 2 aromatic rings. The largest absolute Gasteiger partial charge is 0.698 e. The quantitative estimate of drug-likeness (QED) is 0.299. The molecule has 0 aliphatic heterocycles. The molecule has 0 atom stereocenters. The number of ether oxygens (including phenoxy) is 4. The van der Waals surface area contributed by atoms with Gasteiger partial charge in [0.05, 0.1) is 14.2 Å². The highest BCUT2D eigenvalue weighted by atomic mass is 31.1. The van der Waals surface area contributed by atoms with Gasteiger partial charge in [0.25, 0.3) is 0 Å². The number of rotatable bonds is 14. The zero-order valence-electron chi connectivity index (χ0n) is 17.2. The highest BCUT2D eigenvalue weighted by Gasteiger charge is 2.21. The molecule has 0 radical (unpaired) electrons. The van der Waals surface area contributed by atoms with E-state index in [-0.39, 0.29) is 13.2 Å². The van der Waals surface area contributed by atoms with E-state index in [9.17, 15) is 4.57 Å². The monoisotopic (exact) mass is 433 g/mol. The molecule has 0 aliphatic carbocycles. The van der Waals surface area contributed by atoms with Crippen LogP contribution in [0.25, 0.3) is 0 Å². The topological polar surface area (TPSA) is 72.5 Å². The SMILES string of the molecule is C=CCOc1ccc(CO[P+](=O)OCc2ccc(OCC=C)c(OC)c2)cc1OC. The maximum absolute atomic E-state index is 12.1. The maximum Gasteiger partial charge on any atom is 0.698 e. The van der Waals surface area contributed by atoms with Gasteiger partial charge in [0, 0.05) is 4.57 Å². The lowest BCUT2D eigenvalue weighted by atomic mass is 10.2. The summed E-state index contributed by atoms with van der Waals surface area (Å²) in [6.45, 7) is 8.18. The fourth-order valence-corrected chi connectivity index (χ4v) is 3.01. The summed E-state index contributed by atoms with van der Waals surface area (Å²) < 4.78 is 44.3. The summed E-state index contributed by atoms with van der Waals surface area (Å²) in [6.07, 6.45) is 3.30. The van der Waals surface area contributed by atoms with Crippen molar-refractivity contribution in [2.45, 2.75) is 13.2 Å². The molecule has 30 heavy (non-hydrogen) atoms. The Labute approximate surface area is 177 Å². The van der Waals surface area contributed by atoms with Gasteiger partial charge in [-0.05, 0) is 35.4 Å². The Bertz CT molecular complexity index is 797. The fourth-order valence-electron chi connectivity index (χ4n) is 2.43. The molecule has 0 aliphatic rings. The van der Waals surface area contributed by atoms with E-state index in [2.05, 4.69) is 13.2 Å². The molecule has 0 unspecified atom stereocenters. The smallest absolute Gasteiger partial charge is 0.493 e. The van der Waals surface area contributed by atoms with Crippen LogP contribution in [0.5, 0.6) is 23.0 Å². The van der Waals surface area contributed by atoms with Crippen LogP contribution < -0.4 is 18.9 Å². The lowest BCUT2D eigenvalue weighted by Gasteiger charge is -2.10. The molecule has 0 saturated heterocycles. The summed E-state index contributed by atoms with van der Waals surface area (Å²) in [7, 11) is 0.785. The summed E-state index contributed by atoms with van der Waals surface area (Å²) in [6, 6.07) is 10.6. The molecule has 8 heteroatoms. The lowest BCUT2D eigenvalue weighted by Crippen LogP contribution is -1.98. The Kier molecular flexibility index (Phi) is 9.87. The molecule has 7 nitrogen and oxygen atoms in total. The number of hydrogen-bond acceptors (Lipinski definition) is 7. The van der Waals surface area contributed by atoms with Crippen molar-refractivity contribution in [3.8, 4) is 23.0 Å². The van der Waals surface area contributed by atoms with E-state index in [1.165, 1.54) is 0 Å². The predicted molar refractivity (Wildman–Crippen MR) is 115 cm³/mol. The summed E-state index contributed by atoms with van der Waals surface area (Å²) in [5.41, 5.74) is 1.55. The molecule has 0 fully saturated rings. The van der Waals surface area contributed by atoms with E-state index in [4.69, 9.17) is 28.0 Å². The Balaban J connectivity index is 1.87. The van der Waals surface area contributed by atoms with E-state index in [0.717, 1.165) is 11.1 Å². The van der Waals surface area contributed by atoms with Gasteiger partial charge in [0.1, 0.15) is 26.4 Å². The lowest BCUT2D eigenvalue weighted by molar-refractivity contribution is 0.212. The first kappa shape index (κ1) is 23.4. The van der Waals surface area contributed by atoms with Crippen molar-refractivity contribution in [3.05, 3.63) is 72.8 Å². The van der Waals surface area contributed by atoms with Gasteiger partial charge in [-0.25, -0.2) is 0 Å². The van der Waals surface area contributed by atoms with Gasteiger partial charge in [-0.2, -0.15) is 0 Å². The Morgan fingerprint density at radius 3 is 1.57 bits per heavy atom. The molecule has 2 rings (SSSR count). The van der Waals surface area contributed by atoms with Crippen LogP contribution in [-0.4, -0.2) is 27.4 Å². The molecule has 2 aromatic carbocycles. The first-order valence-electron chi connectivity index (χ1n) is 9.15. The van der Waals surface area contributed by atoms with Crippen LogP contribution in [0, 0.1) is 0 Å². The zero-order valence-corrected chi connectivity index (χ0v) is 18.1. The highest BCUT2D eigenvalue weighted by molar-refractivity contribution is 7.33. The van der Waals surface area contributed by atoms with Crippen molar-refractivity contribution in [3.63, 3.8) is 0 Å². The first-order valence-corrected chi connectivity index (χ1v) is 10.2. The highest BCUT2D eigenvalue weighted by Crippen LogP contribution is 2.33. The third kappa shape index (κ3) is 7.19. The molecule has 0 saturated carbocycles. The van der Waals surface area contributed by atoms with E-state index in [1.54, 1.807) is 62.8 Å². The number of methoxy groups -OCH3 is 2. The van der Waals surface area contributed by atoms with Gasteiger partial charge in [0.2, 0.25) is 0 Å². The second kappa shape index (κ2) is 12.6. The molecule has 160 valence electrons. The summed E-state index contributed by atoms with van der Waals surface area (Å²) in [5, 5.41) is 0. The predicted octanol–water partition coefficient (Wildman–Crippen LogP) is 5.22.